The summed E-state index contributed by atoms with van der Waals surface area (Å²) in [5, 5.41) is 0. The summed E-state index contributed by atoms with van der Waals surface area (Å²) in [5.41, 5.74) is 1.28. The fourth-order valence-corrected chi connectivity index (χ4v) is 3.77. The zero-order valence-corrected chi connectivity index (χ0v) is 13.9. The van der Waals surface area contributed by atoms with Crippen molar-refractivity contribution in [3.05, 3.63) is 54.1 Å². The minimum absolute atomic E-state index is 0.00143. The first-order chi connectivity index (χ1) is 10.2. The molecule has 0 aliphatic carbocycles. The second-order valence-corrected chi connectivity index (χ2v) is 8.81. The van der Waals surface area contributed by atoms with Crippen molar-refractivity contribution in [1.29, 1.82) is 0 Å². The normalized spacial score (nSPS) is 12.1. The van der Waals surface area contributed by atoms with Crippen LogP contribution in [0.2, 0.25) is 0 Å². The van der Waals surface area contributed by atoms with Gasteiger partial charge in [0.15, 0.2) is 9.84 Å². The Bertz CT molecular complexity index is 853. The maximum Gasteiger partial charge on any atom is 0.261 e. The molecule has 2 aromatic carbocycles. The van der Waals surface area contributed by atoms with Crippen LogP contribution >= 0.6 is 0 Å². The van der Waals surface area contributed by atoms with E-state index in [1.54, 1.807) is 19.1 Å². The lowest BCUT2D eigenvalue weighted by Gasteiger charge is -2.09. The molecule has 0 unspecified atom stereocenters. The number of aryl methyl sites for hydroxylation is 1. The van der Waals surface area contributed by atoms with Crippen molar-refractivity contribution in [1.82, 2.24) is 0 Å². The summed E-state index contributed by atoms with van der Waals surface area (Å²) >= 11 is 0. The number of benzene rings is 2. The zero-order valence-electron chi connectivity index (χ0n) is 12.3. The molecule has 0 bridgehead atoms. The third-order valence-corrected chi connectivity index (χ3v) is 6.32. The minimum atomic E-state index is -3.68. The van der Waals surface area contributed by atoms with Crippen LogP contribution in [0, 0.1) is 6.92 Å². The quantitative estimate of drug-likeness (QED) is 0.908. The highest BCUT2D eigenvalue weighted by atomic mass is 32.2. The van der Waals surface area contributed by atoms with Crippen LogP contribution in [0.3, 0.4) is 0 Å². The van der Waals surface area contributed by atoms with Gasteiger partial charge in [-0.2, -0.15) is 0 Å². The molecule has 5 nitrogen and oxygen atoms in total. The molecular formula is C15H17NO4S2. The first-order valence-corrected chi connectivity index (χ1v) is 9.80. The maximum atomic E-state index is 12.2. The van der Waals surface area contributed by atoms with E-state index in [0.717, 1.165) is 5.56 Å². The summed E-state index contributed by atoms with van der Waals surface area (Å²) in [5.74, 6) is 0.00143. The average Bonchev–Trinajstić information content (AvgIpc) is 2.48. The van der Waals surface area contributed by atoms with Crippen molar-refractivity contribution < 1.29 is 16.8 Å². The van der Waals surface area contributed by atoms with Gasteiger partial charge in [-0.15, -0.1) is 0 Å². The second-order valence-electron chi connectivity index (χ2n) is 4.85. The van der Waals surface area contributed by atoms with Gasteiger partial charge in [0.1, 0.15) is 0 Å². The Kier molecular flexibility index (Phi) is 4.58. The van der Waals surface area contributed by atoms with Gasteiger partial charge in [0.2, 0.25) is 0 Å². The first-order valence-electron chi connectivity index (χ1n) is 6.67. The van der Waals surface area contributed by atoms with E-state index in [0.29, 0.717) is 5.69 Å². The molecular weight excluding hydrogens is 322 g/mol. The smallest absolute Gasteiger partial charge is 0.261 e. The number of sulfonamides is 1. The molecule has 0 radical (unpaired) electrons. The third-order valence-electron chi connectivity index (χ3n) is 3.18. The first kappa shape index (κ1) is 16.5. The molecule has 0 fully saturated rings. The van der Waals surface area contributed by atoms with Crippen LogP contribution in [0.5, 0.6) is 0 Å². The van der Waals surface area contributed by atoms with E-state index in [4.69, 9.17) is 0 Å². The molecule has 0 aromatic heterocycles. The van der Waals surface area contributed by atoms with Crippen LogP contribution in [0.25, 0.3) is 0 Å². The van der Waals surface area contributed by atoms with Gasteiger partial charge in [-0.1, -0.05) is 24.6 Å². The lowest BCUT2D eigenvalue weighted by molar-refractivity contribution is 0.597. The molecule has 0 saturated heterocycles. The van der Waals surface area contributed by atoms with E-state index in [1.165, 1.54) is 36.4 Å². The monoisotopic (exact) mass is 339 g/mol. The number of sulfone groups is 1. The van der Waals surface area contributed by atoms with Gasteiger partial charge < -0.3 is 0 Å². The Balaban J connectivity index is 2.25. The Morgan fingerprint density at radius 1 is 0.818 bits per heavy atom. The molecule has 1 N–H and O–H groups in total. The number of rotatable bonds is 5. The zero-order chi connectivity index (χ0) is 16.4. The topological polar surface area (TPSA) is 80.3 Å². The SMILES string of the molecule is CCS(=O)(=O)c1ccc(NS(=O)(=O)c2ccc(C)cc2)cc1. The van der Waals surface area contributed by atoms with E-state index < -0.39 is 19.9 Å². The van der Waals surface area contributed by atoms with Gasteiger partial charge >= 0.3 is 0 Å². The van der Waals surface area contributed by atoms with Gasteiger partial charge in [0, 0.05) is 5.69 Å². The van der Waals surface area contributed by atoms with Gasteiger partial charge in [-0.25, -0.2) is 16.8 Å². The lowest BCUT2D eigenvalue weighted by Crippen LogP contribution is -2.13. The number of hydrogen-bond acceptors (Lipinski definition) is 4. The van der Waals surface area contributed by atoms with Gasteiger partial charge in [0.25, 0.3) is 10.0 Å². The Morgan fingerprint density at radius 3 is 1.82 bits per heavy atom. The molecule has 0 saturated carbocycles. The summed E-state index contributed by atoms with van der Waals surface area (Å²) < 4.78 is 50.3. The molecule has 2 rings (SSSR count). The predicted octanol–water partition coefficient (Wildman–Crippen LogP) is 2.59. The van der Waals surface area contributed by atoms with Crippen molar-refractivity contribution in [2.24, 2.45) is 0 Å². The molecule has 2 aromatic rings. The Morgan fingerprint density at radius 2 is 1.32 bits per heavy atom. The van der Waals surface area contributed by atoms with Gasteiger partial charge in [-0.05, 0) is 43.3 Å². The average molecular weight is 339 g/mol. The van der Waals surface area contributed by atoms with E-state index in [-0.39, 0.29) is 15.5 Å². The Hall–Kier alpha value is -1.86. The fourth-order valence-electron chi connectivity index (χ4n) is 1.83. The third kappa shape index (κ3) is 3.66. The van der Waals surface area contributed by atoms with Crippen molar-refractivity contribution in [2.75, 3.05) is 10.5 Å². The van der Waals surface area contributed by atoms with E-state index in [9.17, 15) is 16.8 Å². The molecule has 22 heavy (non-hydrogen) atoms. The van der Waals surface area contributed by atoms with Crippen molar-refractivity contribution >= 4 is 25.5 Å². The molecule has 0 amide bonds. The molecule has 0 heterocycles. The summed E-state index contributed by atoms with van der Waals surface area (Å²) in [4.78, 5) is 0.330. The number of hydrogen-bond donors (Lipinski definition) is 1. The molecule has 7 heteroatoms. The molecule has 0 aliphatic heterocycles. The second kappa shape index (κ2) is 6.10. The van der Waals surface area contributed by atoms with Crippen LogP contribution < -0.4 is 4.72 Å². The van der Waals surface area contributed by atoms with E-state index in [2.05, 4.69) is 4.72 Å². The maximum absolute atomic E-state index is 12.2. The number of anilines is 1. The predicted molar refractivity (Wildman–Crippen MR) is 86.2 cm³/mol. The minimum Gasteiger partial charge on any atom is -0.280 e. The molecule has 0 spiro atoms. The van der Waals surface area contributed by atoms with Crippen LogP contribution in [-0.4, -0.2) is 22.6 Å². The summed E-state index contributed by atoms with van der Waals surface area (Å²) in [6.45, 7) is 3.43. The van der Waals surface area contributed by atoms with Crippen molar-refractivity contribution in [3.8, 4) is 0 Å². The van der Waals surface area contributed by atoms with Crippen LogP contribution in [0.15, 0.2) is 58.3 Å². The van der Waals surface area contributed by atoms with Crippen LogP contribution in [0.4, 0.5) is 5.69 Å². The summed E-state index contributed by atoms with van der Waals surface area (Å²) in [6.07, 6.45) is 0. The van der Waals surface area contributed by atoms with Crippen molar-refractivity contribution in [2.45, 2.75) is 23.6 Å². The van der Waals surface area contributed by atoms with Gasteiger partial charge in [0.05, 0.1) is 15.5 Å². The van der Waals surface area contributed by atoms with Crippen LogP contribution in [-0.2, 0) is 19.9 Å². The molecule has 0 aliphatic rings. The van der Waals surface area contributed by atoms with E-state index >= 15 is 0 Å². The lowest BCUT2D eigenvalue weighted by atomic mass is 10.2. The number of nitrogens with one attached hydrogen (secondary N) is 1. The highest BCUT2D eigenvalue weighted by molar-refractivity contribution is 7.92. The van der Waals surface area contributed by atoms with Crippen LogP contribution in [0.1, 0.15) is 12.5 Å². The standard InChI is InChI=1S/C15H17NO4S2/c1-3-21(17,18)14-10-6-13(7-11-14)16-22(19,20)15-8-4-12(2)5-9-15/h4-11,16H,3H2,1-2H3. The highest BCUT2D eigenvalue weighted by Crippen LogP contribution is 2.19. The van der Waals surface area contributed by atoms with E-state index in [1.807, 2.05) is 6.92 Å². The highest BCUT2D eigenvalue weighted by Gasteiger charge is 2.15. The van der Waals surface area contributed by atoms with Gasteiger partial charge in [-0.3, -0.25) is 4.72 Å². The largest absolute Gasteiger partial charge is 0.280 e. The van der Waals surface area contributed by atoms with Crippen molar-refractivity contribution in [3.63, 3.8) is 0 Å². The fraction of sp³-hybridized carbons (Fsp3) is 0.200. The summed E-state index contributed by atoms with van der Waals surface area (Å²) in [7, 11) is -6.98. The Labute approximate surface area is 131 Å². The molecule has 118 valence electrons. The summed E-state index contributed by atoms with van der Waals surface area (Å²) in [6, 6.07) is 12.1. The molecule has 0 atom stereocenters.